The summed E-state index contributed by atoms with van der Waals surface area (Å²) in [6, 6.07) is 0. The molecule has 0 bridgehead atoms. The maximum Gasteiger partial charge on any atom is 0.305 e. The quantitative estimate of drug-likeness (QED) is 0.0442. The molecule has 0 aromatic heterocycles. The fourth-order valence-electron chi connectivity index (χ4n) is 4.75. The van der Waals surface area contributed by atoms with Gasteiger partial charge in [-0.05, 0) is 51.4 Å². The van der Waals surface area contributed by atoms with E-state index in [-0.39, 0.29) is 25.2 Å². The Morgan fingerprint density at radius 1 is 0.500 bits per heavy atom. The van der Waals surface area contributed by atoms with E-state index in [1.807, 2.05) is 0 Å². The predicted octanol–water partition coefficient (Wildman–Crippen LogP) is 11.0. The molecule has 0 unspecified atom stereocenters. The molecule has 42 heavy (non-hydrogen) atoms. The first kappa shape index (κ1) is 40.4. The number of allylic oxidation sites excluding steroid dienone is 4. The molecule has 0 aromatic carbocycles. The summed E-state index contributed by atoms with van der Waals surface area (Å²) in [7, 11) is 0. The molecule has 0 aromatic rings. The summed E-state index contributed by atoms with van der Waals surface area (Å²) in [6.45, 7) is 7.52. The van der Waals surface area contributed by atoms with Crippen LogP contribution in [0.2, 0.25) is 0 Å². The lowest BCUT2D eigenvalue weighted by Crippen LogP contribution is -2.29. The zero-order valence-electron chi connectivity index (χ0n) is 28.0. The summed E-state index contributed by atoms with van der Waals surface area (Å²) in [4.78, 5) is 24.4. The minimum atomic E-state index is -0.393. The van der Waals surface area contributed by atoms with Gasteiger partial charge in [0.15, 0.2) is 0 Å². The van der Waals surface area contributed by atoms with Gasteiger partial charge in [0.05, 0.1) is 0 Å². The number of carbonyl (C=O) groups excluding carboxylic acids is 2. The summed E-state index contributed by atoms with van der Waals surface area (Å²) in [5, 5.41) is 0. The maximum absolute atomic E-state index is 12.2. The van der Waals surface area contributed by atoms with Crippen LogP contribution in [0.5, 0.6) is 0 Å². The number of carbonyl (C=O) groups is 2. The van der Waals surface area contributed by atoms with E-state index in [0.717, 1.165) is 57.8 Å². The summed E-state index contributed by atoms with van der Waals surface area (Å²) >= 11 is 0. The summed E-state index contributed by atoms with van der Waals surface area (Å²) in [6.07, 6.45) is 35.2. The molecule has 0 aliphatic carbocycles. The summed E-state index contributed by atoms with van der Waals surface area (Å²) in [5.41, 5.74) is 0. The lowest BCUT2D eigenvalue weighted by Gasteiger charge is -2.18. The van der Waals surface area contributed by atoms with Crippen LogP contribution < -0.4 is 0 Å². The monoisotopic (exact) mass is 593 g/mol. The maximum atomic E-state index is 12.2. The highest BCUT2D eigenvalue weighted by Gasteiger charge is 2.15. The van der Waals surface area contributed by atoms with Crippen molar-refractivity contribution in [2.45, 2.75) is 181 Å². The topological polar surface area (TPSA) is 61.8 Å². The predicted molar refractivity (Wildman–Crippen MR) is 178 cm³/mol. The molecule has 5 heteroatoms. The van der Waals surface area contributed by atoms with E-state index in [0.29, 0.717) is 19.4 Å². The van der Waals surface area contributed by atoms with Crippen molar-refractivity contribution in [3.05, 3.63) is 24.3 Å². The van der Waals surface area contributed by atoms with Gasteiger partial charge >= 0.3 is 11.9 Å². The molecule has 0 spiro atoms. The van der Waals surface area contributed by atoms with Crippen LogP contribution in [0.4, 0.5) is 0 Å². The van der Waals surface area contributed by atoms with E-state index < -0.39 is 6.10 Å². The molecule has 0 aliphatic rings. The average molecular weight is 593 g/mol. The molecular formula is C37H68O5. The minimum Gasteiger partial charge on any atom is -0.463 e. The Morgan fingerprint density at radius 2 is 0.905 bits per heavy atom. The molecule has 0 rings (SSSR count). The van der Waals surface area contributed by atoms with Crippen LogP contribution in [0.1, 0.15) is 175 Å². The smallest absolute Gasteiger partial charge is 0.305 e. The van der Waals surface area contributed by atoms with Gasteiger partial charge in [-0.3, -0.25) is 9.59 Å². The summed E-state index contributed by atoms with van der Waals surface area (Å²) in [5.74, 6) is -0.368. The Kier molecular flexibility index (Phi) is 32.6. The third kappa shape index (κ3) is 31.3. The van der Waals surface area contributed by atoms with Crippen molar-refractivity contribution in [1.82, 2.24) is 0 Å². The third-order valence-corrected chi connectivity index (χ3v) is 7.53. The normalized spacial score (nSPS) is 11.7. The van der Waals surface area contributed by atoms with Gasteiger partial charge in [-0.25, -0.2) is 0 Å². The van der Waals surface area contributed by atoms with Crippen molar-refractivity contribution >= 4 is 11.9 Å². The Hall–Kier alpha value is -1.62. The average Bonchev–Trinajstić information content (AvgIpc) is 2.99. The second-order valence-electron chi connectivity index (χ2n) is 11.8. The number of hydrogen-bond donors (Lipinski definition) is 0. The second-order valence-corrected chi connectivity index (χ2v) is 11.8. The fourth-order valence-corrected chi connectivity index (χ4v) is 4.75. The lowest BCUT2D eigenvalue weighted by molar-refractivity contribution is -0.155. The number of rotatable bonds is 32. The standard InChI is InChI=1S/C37H68O5/c1-4-7-10-13-14-15-16-17-18-19-20-21-22-23-26-29-32-40-35(33-41-36(38)30-27-24-11-8-5-2)34-42-37(39)31-28-25-12-9-6-3/h14-15,17-18,35H,4-13,16,19-34H2,1-3H3. The molecule has 5 nitrogen and oxygen atoms in total. The molecule has 0 heterocycles. The van der Waals surface area contributed by atoms with Crippen molar-refractivity contribution in [3.63, 3.8) is 0 Å². The van der Waals surface area contributed by atoms with Gasteiger partial charge in [0.2, 0.25) is 0 Å². The van der Waals surface area contributed by atoms with E-state index in [2.05, 4.69) is 45.1 Å². The van der Waals surface area contributed by atoms with E-state index >= 15 is 0 Å². The lowest BCUT2D eigenvalue weighted by atomic mass is 10.1. The number of esters is 2. The van der Waals surface area contributed by atoms with Crippen molar-refractivity contribution in [2.24, 2.45) is 0 Å². The summed E-state index contributed by atoms with van der Waals surface area (Å²) < 4.78 is 17.0. The number of unbranched alkanes of at least 4 members (excludes halogenated alkanes) is 17. The van der Waals surface area contributed by atoms with Crippen molar-refractivity contribution < 1.29 is 23.8 Å². The van der Waals surface area contributed by atoms with Gasteiger partial charge in [-0.15, -0.1) is 0 Å². The van der Waals surface area contributed by atoms with Gasteiger partial charge in [-0.1, -0.05) is 135 Å². The van der Waals surface area contributed by atoms with E-state index in [1.165, 1.54) is 83.5 Å². The minimum absolute atomic E-state index is 0.153. The molecule has 0 saturated heterocycles. The van der Waals surface area contributed by atoms with E-state index in [1.54, 1.807) is 0 Å². The molecular weight excluding hydrogens is 524 g/mol. The SMILES string of the molecule is CCCCCC=CCC=CCCCCCCCCOC(COC(=O)CCCCCCC)COC(=O)CCCCCCC. The Bertz CT molecular complexity index is 612. The van der Waals surface area contributed by atoms with Gasteiger partial charge in [0, 0.05) is 19.4 Å². The van der Waals surface area contributed by atoms with Crippen LogP contribution in [-0.4, -0.2) is 37.9 Å². The van der Waals surface area contributed by atoms with Crippen LogP contribution in [0.25, 0.3) is 0 Å². The molecule has 0 aliphatic heterocycles. The van der Waals surface area contributed by atoms with Gasteiger partial charge in [0.25, 0.3) is 0 Å². The highest BCUT2D eigenvalue weighted by atomic mass is 16.6. The first-order valence-electron chi connectivity index (χ1n) is 17.9. The second kappa shape index (κ2) is 33.9. The van der Waals surface area contributed by atoms with Gasteiger partial charge in [-0.2, -0.15) is 0 Å². The largest absolute Gasteiger partial charge is 0.463 e. The molecule has 0 amide bonds. The zero-order valence-corrected chi connectivity index (χ0v) is 28.0. The highest BCUT2D eigenvalue weighted by Crippen LogP contribution is 2.11. The Balaban J connectivity index is 4.08. The third-order valence-electron chi connectivity index (χ3n) is 7.53. The van der Waals surface area contributed by atoms with Crippen LogP contribution in [0.3, 0.4) is 0 Å². The van der Waals surface area contributed by atoms with E-state index in [4.69, 9.17) is 14.2 Å². The molecule has 0 fully saturated rings. The Morgan fingerprint density at radius 3 is 1.43 bits per heavy atom. The zero-order chi connectivity index (χ0) is 30.8. The van der Waals surface area contributed by atoms with Crippen LogP contribution >= 0.6 is 0 Å². The van der Waals surface area contributed by atoms with Crippen molar-refractivity contribution in [3.8, 4) is 0 Å². The molecule has 0 radical (unpaired) electrons. The van der Waals surface area contributed by atoms with Gasteiger partial charge < -0.3 is 14.2 Å². The van der Waals surface area contributed by atoms with Crippen molar-refractivity contribution in [1.29, 1.82) is 0 Å². The van der Waals surface area contributed by atoms with Crippen LogP contribution in [0, 0.1) is 0 Å². The van der Waals surface area contributed by atoms with Crippen molar-refractivity contribution in [2.75, 3.05) is 19.8 Å². The first-order chi connectivity index (χ1) is 20.6. The molecule has 0 N–H and O–H groups in total. The Labute approximate surface area is 260 Å². The number of hydrogen-bond acceptors (Lipinski definition) is 5. The van der Waals surface area contributed by atoms with Gasteiger partial charge in [0.1, 0.15) is 19.3 Å². The van der Waals surface area contributed by atoms with Crippen LogP contribution in [0.15, 0.2) is 24.3 Å². The number of ether oxygens (including phenoxy) is 3. The molecule has 0 atom stereocenters. The van der Waals surface area contributed by atoms with E-state index in [9.17, 15) is 9.59 Å². The first-order valence-corrected chi connectivity index (χ1v) is 17.9. The fraction of sp³-hybridized carbons (Fsp3) is 0.838. The molecule has 246 valence electrons. The highest BCUT2D eigenvalue weighted by molar-refractivity contribution is 5.69. The molecule has 0 saturated carbocycles. The van der Waals surface area contributed by atoms with Crippen LogP contribution in [-0.2, 0) is 23.8 Å².